The predicted octanol–water partition coefficient (Wildman–Crippen LogP) is 7.84. The van der Waals surface area contributed by atoms with Gasteiger partial charge in [0, 0.05) is 73.1 Å². The lowest BCUT2D eigenvalue weighted by Crippen LogP contribution is -2.74. The third-order valence-corrected chi connectivity index (χ3v) is 15.6. The summed E-state index contributed by atoms with van der Waals surface area (Å²) < 4.78 is 12.1. The number of nitrogens with one attached hydrogen (secondary N) is 3. The molecular weight excluding hydrogens is 870 g/mol. The highest BCUT2D eigenvalue weighted by molar-refractivity contribution is 6.31. The first kappa shape index (κ1) is 45.9. The summed E-state index contributed by atoms with van der Waals surface area (Å²) in [4.78, 5) is 65.2. The third-order valence-electron chi connectivity index (χ3n) is 15.3. The highest BCUT2D eigenvalue weighted by Gasteiger charge is 2.64. The van der Waals surface area contributed by atoms with Crippen LogP contribution in [0.3, 0.4) is 0 Å². The molecule has 5 aliphatic rings. The van der Waals surface area contributed by atoms with E-state index in [0.29, 0.717) is 62.9 Å². The van der Waals surface area contributed by atoms with E-state index in [0.717, 1.165) is 70.3 Å². The molecule has 3 N–H and O–H groups in total. The molecule has 0 bridgehead atoms. The van der Waals surface area contributed by atoms with Crippen molar-refractivity contribution in [2.75, 3.05) is 47.3 Å². The number of nitrogens with zero attached hydrogens (tertiary/aromatic N) is 8. The zero-order chi connectivity index (χ0) is 47.4. The molecule has 4 heterocycles. The van der Waals surface area contributed by atoms with E-state index in [9.17, 15) is 19.6 Å². The number of halogens is 1. The van der Waals surface area contributed by atoms with Crippen LogP contribution >= 0.6 is 11.6 Å². The fourth-order valence-corrected chi connectivity index (χ4v) is 12.1. The number of ether oxygens (including phenoxy) is 2. The van der Waals surface area contributed by atoms with Crippen molar-refractivity contribution in [3.63, 3.8) is 0 Å². The van der Waals surface area contributed by atoms with Crippen LogP contribution in [-0.4, -0.2) is 95.2 Å². The fourth-order valence-electron chi connectivity index (χ4n) is 11.9. The van der Waals surface area contributed by atoms with Gasteiger partial charge >= 0.3 is 0 Å². The Morgan fingerprint density at radius 2 is 1.61 bits per heavy atom. The summed E-state index contributed by atoms with van der Waals surface area (Å²) in [5, 5.41) is 19.3. The second-order valence-corrected chi connectivity index (χ2v) is 20.7. The van der Waals surface area contributed by atoms with Crippen LogP contribution in [0.15, 0.2) is 55.0 Å². The summed E-state index contributed by atoms with van der Waals surface area (Å²) in [6.45, 7) is 11.9. The van der Waals surface area contributed by atoms with Gasteiger partial charge in [0.05, 0.1) is 35.1 Å². The number of aromatic nitrogens is 4. The summed E-state index contributed by atoms with van der Waals surface area (Å²) in [5.41, 5.74) is 1.96. The Kier molecular flexibility index (Phi) is 12.2. The lowest BCUT2D eigenvalue weighted by Gasteiger charge is -2.63. The number of fused-ring (bicyclic) bond motifs is 1. The maximum Gasteiger partial charge on any atom is 0.254 e. The third kappa shape index (κ3) is 8.44. The second-order valence-electron chi connectivity index (χ2n) is 20.2. The van der Waals surface area contributed by atoms with Gasteiger partial charge < -0.3 is 40.1 Å². The quantitative estimate of drug-likeness (QED) is 0.125. The molecule has 1 spiro atoms. The van der Waals surface area contributed by atoms with Crippen molar-refractivity contribution in [3.05, 3.63) is 76.7 Å². The van der Waals surface area contributed by atoms with Crippen LogP contribution < -0.4 is 40.1 Å². The number of methoxy groups -OCH3 is 1. The van der Waals surface area contributed by atoms with Crippen molar-refractivity contribution < 1.29 is 23.9 Å². The number of rotatable bonds is 12. The molecule has 16 nitrogen and oxygen atoms in total. The van der Waals surface area contributed by atoms with Gasteiger partial charge in [0.2, 0.25) is 17.8 Å². The van der Waals surface area contributed by atoms with E-state index in [-0.39, 0.29) is 53.4 Å². The summed E-state index contributed by atoms with van der Waals surface area (Å²) in [6, 6.07) is 12.3. The van der Waals surface area contributed by atoms with Crippen LogP contribution in [0.4, 0.5) is 29.1 Å². The molecule has 67 heavy (non-hydrogen) atoms. The number of likely N-dealkylation sites (N-methyl/N-ethyl adjacent to an activating group) is 1. The summed E-state index contributed by atoms with van der Waals surface area (Å²) in [7, 11) is 3.36. The van der Waals surface area contributed by atoms with Gasteiger partial charge in [-0.25, -0.2) is 15.0 Å². The first-order valence-electron chi connectivity index (χ1n) is 23.5. The minimum Gasteiger partial charge on any atom is -0.495 e. The molecular formula is C50H60ClN11O5. The zero-order valence-corrected chi connectivity index (χ0v) is 40.1. The average Bonchev–Trinajstić information content (AvgIpc) is 3.85. The van der Waals surface area contributed by atoms with Crippen LogP contribution in [-0.2, 0) is 4.79 Å². The fraction of sp³-hybridized carbons (Fsp3) is 0.520. The number of hydrogen-bond donors (Lipinski definition) is 3. The van der Waals surface area contributed by atoms with E-state index < -0.39 is 10.8 Å². The Balaban J connectivity index is 0.757. The Hall–Kier alpha value is -6.21. The monoisotopic (exact) mass is 929 g/mol. The van der Waals surface area contributed by atoms with E-state index in [1.165, 1.54) is 0 Å². The Morgan fingerprint density at radius 3 is 2.25 bits per heavy atom. The lowest BCUT2D eigenvalue weighted by molar-refractivity contribution is -0.164. The van der Waals surface area contributed by atoms with E-state index in [1.54, 1.807) is 68.0 Å². The van der Waals surface area contributed by atoms with E-state index in [4.69, 9.17) is 26.1 Å². The van der Waals surface area contributed by atoms with Gasteiger partial charge in [0.1, 0.15) is 35.4 Å². The number of anilines is 5. The SMILES string of the molecule is CC[C@@H]1C(=O)N(C)c2cnc(Nc3ccc(C(=O)NC4CC5(CCN(c6ncc(C(=O)NC7C(C)(C)C(Oc8ccc(C#N)c(Cl)c8)C7(C)C)cn6)CC5)C4)cc3OC)nc2N1C1CCCC1. The number of hydrogen-bond acceptors (Lipinski definition) is 13. The van der Waals surface area contributed by atoms with Crippen LogP contribution in [0, 0.1) is 27.6 Å². The lowest BCUT2D eigenvalue weighted by atomic mass is 9.49. The van der Waals surface area contributed by atoms with E-state index >= 15 is 0 Å². The predicted molar refractivity (Wildman–Crippen MR) is 256 cm³/mol. The molecule has 4 aromatic rings. The molecule has 3 amide bonds. The van der Waals surface area contributed by atoms with Crippen molar-refractivity contribution in [2.45, 2.75) is 123 Å². The molecule has 352 valence electrons. The number of amides is 3. The highest BCUT2D eigenvalue weighted by atomic mass is 35.5. The normalized spacial score (nSPS) is 22.8. The number of carbonyl (C=O) groups excluding carboxylic acids is 3. The topological polar surface area (TPSA) is 191 Å². The molecule has 0 unspecified atom stereocenters. The van der Waals surface area contributed by atoms with Crippen molar-refractivity contribution in [1.82, 2.24) is 30.6 Å². The van der Waals surface area contributed by atoms with Crippen LogP contribution in [0.2, 0.25) is 5.02 Å². The highest BCUT2D eigenvalue weighted by Crippen LogP contribution is 2.56. The van der Waals surface area contributed by atoms with Crippen LogP contribution in [0.1, 0.15) is 119 Å². The molecule has 2 aromatic heterocycles. The molecule has 0 radical (unpaired) electrons. The molecule has 3 saturated carbocycles. The molecule has 1 atom stereocenters. The Morgan fingerprint density at radius 1 is 0.925 bits per heavy atom. The molecule has 1 saturated heterocycles. The molecule has 17 heteroatoms. The smallest absolute Gasteiger partial charge is 0.254 e. The van der Waals surface area contributed by atoms with Gasteiger partial charge in [-0.15, -0.1) is 0 Å². The molecule has 2 aliphatic heterocycles. The van der Waals surface area contributed by atoms with Crippen molar-refractivity contribution in [2.24, 2.45) is 16.2 Å². The maximum absolute atomic E-state index is 13.5. The number of piperidine rings is 1. The number of carbonyl (C=O) groups is 3. The van der Waals surface area contributed by atoms with Gasteiger partial charge in [0.15, 0.2) is 5.82 Å². The van der Waals surface area contributed by atoms with Gasteiger partial charge in [-0.2, -0.15) is 10.2 Å². The zero-order valence-electron chi connectivity index (χ0n) is 39.4. The molecule has 9 rings (SSSR count). The van der Waals surface area contributed by atoms with Crippen LogP contribution in [0.25, 0.3) is 0 Å². The van der Waals surface area contributed by atoms with Gasteiger partial charge in [-0.1, -0.05) is 59.1 Å². The standard InChI is InChI=1S/C50H60ClN11O5/c1-8-37-43(65)60(6)38-28-53-46(58-40(38)62(37)33-11-9-10-12-33)57-36-16-14-29(21-39(36)66-7)41(63)56-32-23-50(24-32)17-19-61(20-18-50)47-54-26-31(27-55-47)42(64)59-44-48(2,3)45(49(44,4)5)67-34-15-13-30(25-52)35(51)22-34/h13-16,21-22,26-28,32-33,37,44-45H,8-12,17-20,23-24H2,1-7H3,(H,56,63)(H,59,64)(H,53,57,58)/t37-,44?,45?/m1/s1. The van der Waals surface area contributed by atoms with Gasteiger partial charge in [-0.05, 0) is 80.7 Å². The van der Waals surface area contributed by atoms with Crippen molar-refractivity contribution >= 4 is 58.4 Å². The Labute approximate surface area is 397 Å². The summed E-state index contributed by atoms with van der Waals surface area (Å²) in [6.07, 6.45) is 13.4. The van der Waals surface area contributed by atoms with Gasteiger partial charge in [0.25, 0.3) is 11.8 Å². The minimum atomic E-state index is -0.399. The Bertz CT molecular complexity index is 2580. The second kappa shape index (κ2) is 17.8. The van der Waals surface area contributed by atoms with Gasteiger partial charge in [-0.3, -0.25) is 14.4 Å². The number of benzene rings is 2. The number of nitriles is 1. The summed E-state index contributed by atoms with van der Waals surface area (Å²) >= 11 is 6.26. The van der Waals surface area contributed by atoms with Crippen molar-refractivity contribution in [1.29, 1.82) is 5.26 Å². The minimum absolute atomic E-state index is 0.0669. The average molecular weight is 931 g/mol. The van der Waals surface area contributed by atoms with E-state index in [1.807, 2.05) is 13.0 Å². The van der Waals surface area contributed by atoms with Crippen molar-refractivity contribution in [3.8, 4) is 17.6 Å². The molecule has 3 aliphatic carbocycles. The molecule has 4 fully saturated rings. The largest absolute Gasteiger partial charge is 0.495 e. The first-order chi connectivity index (χ1) is 32.0. The first-order valence-corrected chi connectivity index (χ1v) is 23.9. The molecule has 2 aromatic carbocycles. The van der Waals surface area contributed by atoms with E-state index in [2.05, 4.69) is 74.5 Å². The maximum atomic E-state index is 13.5. The van der Waals surface area contributed by atoms with Crippen LogP contribution in [0.5, 0.6) is 11.5 Å². The summed E-state index contributed by atoms with van der Waals surface area (Å²) in [5.74, 6) is 2.49.